The largest absolute Gasteiger partial charge is 0.497 e. The Kier molecular flexibility index (Phi) is 4.66. The average molecular weight is 412 g/mol. The Hall–Kier alpha value is -2.61. The van der Waals surface area contributed by atoms with Gasteiger partial charge in [-0.05, 0) is 56.9 Å². The number of aryl methyl sites for hydroxylation is 1. The van der Waals surface area contributed by atoms with Crippen LogP contribution in [0.3, 0.4) is 0 Å². The number of thiazole rings is 1. The molecule has 1 amide bonds. The van der Waals surface area contributed by atoms with E-state index in [4.69, 9.17) is 9.72 Å². The van der Waals surface area contributed by atoms with E-state index in [1.54, 1.807) is 18.4 Å². The lowest BCUT2D eigenvalue weighted by molar-refractivity contribution is -0.123. The molecule has 7 nitrogen and oxygen atoms in total. The third-order valence-electron chi connectivity index (χ3n) is 5.75. The lowest BCUT2D eigenvalue weighted by atomic mass is 10.1. The molecule has 5 rings (SSSR count). The summed E-state index contributed by atoms with van der Waals surface area (Å²) in [7, 11) is 1.67. The molecule has 2 fully saturated rings. The maximum absolute atomic E-state index is 12.0. The molecule has 0 atom stereocenters. The van der Waals surface area contributed by atoms with Crippen molar-refractivity contribution in [1.82, 2.24) is 20.1 Å². The van der Waals surface area contributed by atoms with Crippen LogP contribution < -0.4 is 15.0 Å². The molecule has 3 heterocycles. The van der Waals surface area contributed by atoms with Crippen molar-refractivity contribution >= 4 is 32.7 Å². The SMILES string of the molecule is COc1ccc(-n2nc(C)c3sc(N4CCC(NC(=O)C5CC5)CC4)nc32)cc1. The molecule has 1 aliphatic carbocycles. The number of hydrogen-bond acceptors (Lipinski definition) is 6. The fourth-order valence-corrected chi connectivity index (χ4v) is 4.88. The first-order valence-electron chi connectivity index (χ1n) is 10.2. The molecule has 8 heteroatoms. The van der Waals surface area contributed by atoms with Crippen LogP contribution in [0.15, 0.2) is 24.3 Å². The van der Waals surface area contributed by atoms with E-state index in [0.29, 0.717) is 6.04 Å². The summed E-state index contributed by atoms with van der Waals surface area (Å²) < 4.78 is 8.29. The quantitative estimate of drug-likeness (QED) is 0.698. The normalized spacial score (nSPS) is 17.7. The van der Waals surface area contributed by atoms with Crippen LogP contribution in [0.4, 0.5) is 5.13 Å². The molecule has 1 aliphatic heterocycles. The zero-order valence-corrected chi connectivity index (χ0v) is 17.5. The van der Waals surface area contributed by atoms with Gasteiger partial charge in [-0.25, -0.2) is 4.68 Å². The summed E-state index contributed by atoms with van der Waals surface area (Å²) in [5.41, 5.74) is 2.87. The Morgan fingerprint density at radius 1 is 1.17 bits per heavy atom. The second-order valence-corrected chi connectivity index (χ2v) is 8.87. The predicted molar refractivity (Wildman–Crippen MR) is 114 cm³/mol. The van der Waals surface area contributed by atoms with E-state index in [1.165, 1.54) is 0 Å². The first kappa shape index (κ1) is 18.4. The molecule has 3 aromatic rings. The number of hydrogen-bond donors (Lipinski definition) is 1. The van der Waals surface area contributed by atoms with Crippen LogP contribution in [0.1, 0.15) is 31.4 Å². The van der Waals surface area contributed by atoms with Crippen LogP contribution in [0.25, 0.3) is 16.0 Å². The van der Waals surface area contributed by atoms with Crippen molar-refractivity contribution in [2.45, 2.75) is 38.6 Å². The maximum Gasteiger partial charge on any atom is 0.223 e. The fraction of sp³-hybridized carbons (Fsp3) is 0.476. The highest BCUT2D eigenvalue weighted by Gasteiger charge is 2.32. The van der Waals surface area contributed by atoms with Crippen LogP contribution in [0, 0.1) is 12.8 Å². The molecule has 1 N–H and O–H groups in total. The van der Waals surface area contributed by atoms with Gasteiger partial charge in [0.2, 0.25) is 5.91 Å². The highest BCUT2D eigenvalue weighted by atomic mass is 32.1. The van der Waals surface area contributed by atoms with Crippen molar-refractivity contribution in [3.63, 3.8) is 0 Å². The summed E-state index contributed by atoms with van der Waals surface area (Å²) in [6, 6.07) is 8.17. The number of piperidine rings is 1. The van der Waals surface area contributed by atoms with E-state index in [9.17, 15) is 4.79 Å². The minimum Gasteiger partial charge on any atom is -0.497 e. The maximum atomic E-state index is 12.0. The summed E-state index contributed by atoms with van der Waals surface area (Å²) in [4.78, 5) is 19.3. The molecular formula is C21H25N5O2S. The molecule has 1 aromatic carbocycles. The highest BCUT2D eigenvalue weighted by molar-refractivity contribution is 7.22. The third-order valence-corrected chi connectivity index (χ3v) is 6.97. The average Bonchev–Trinajstić information content (AvgIpc) is 3.44. The van der Waals surface area contributed by atoms with Gasteiger partial charge in [-0.15, -0.1) is 0 Å². The van der Waals surface area contributed by atoms with Gasteiger partial charge >= 0.3 is 0 Å². The summed E-state index contributed by atoms with van der Waals surface area (Å²) in [6.07, 6.45) is 4.05. The van der Waals surface area contributed by atoms with Crippen LogP contribution in [-0.2, 0) is 4.79 Å². The van der Waals surface area contributed by atoms with Gasteiger partial charge in [-0.3, -0.25) is 4.79 Å². The first-order valence-corrected chi connectivity index (χ1v) is 11.0. The Labute approximate surface area is 173 Å². The standard InChI is InChI=1S/C21H25N5O2S/c1-13-18-19(26(24-13)16-5-7-17(28-2)8-6-16)23-21(29-18)25-11-9-15(10-12-25)22-20(27)14-3-4-14/h5-8,14-15H,3-4,9-12H2,1-2H3,(H,22,27). The minimum absolute atomic E-state index is 0.249. The number of methoxy groups -OCH3 is 1. The smallest absolute Gasteiger partial charge is 0.223 e. The number of nitrogens with zero attached hydrogens (tertiary/aromatic N) is 4. The second-order valence-electron chi connectivity index (χ2n) is 7.89. The Morgan fingerprint density at radius 2 is 1.90 bits per heavy atom. The molecule has 2 aliphatic rings. The molecule has 1 saturated carbocycles. The van der Waals surface area contributed by atoms with Gasteiger partial charge in [-0.2, -0.15) is 10.1 Å². The van der Waals surface area contributed by atoms with E-state index in [0.717, 1.165) is 71.4 Å². The number of carbonyl (C=O) groups is 1. The van der Waals surface area contributed by atoms with Crippen molar-refractivity contribution in [2.75, 3.05) is 25.1 Å². The zero-order valence-electron chi connectivity index (χ0n) is 16.7. The van der Waals surface area contributed by atoms with Crippen molar-refractivity contribution < 1.29 is 9.53 Å². The highest BCUT2D eigenvalue weighted by Crippen LogP contribution is 2.34. The summed E-state index contributed by atoms with van der Waals surface area (Å²) in [5.74, 6) is 1.35. The van der Waals surface area contributed by atoms with Crippen LogP contribution in [0.2, 0.25) is 0 Å². The molecule has 0 bridgehead atoms. The molecular weight excluding hydrogens is 386 g/mol. The van der Waals surface area contributed by atoms with E-state index in [2.05, 4.69) is 15.3 Å². The Balaban J connectivity index is 1.33. The number of benzene rings is 1. The van der Waals surface area contributed by atoms with E-state index in [-0.39, 0.29) is 11.8 Å². The molecule has 0 radical (unpaired) electrons. The summed E-state index contributed by atoms with van der Waals surface area (Å²) in [5, 5.41) is 8.94. The van der Waals surface area contributed by atoms with Crippen molar-refractivity contribution in [1.29, 1.82) is 0 Å². The zero-order chi connectivity index (χ0) is 20.0. The topological polar surface area (TPSA) is 72.3 Å². The van der Waals surface area contributed by atoms with Gasteiger partial charge in [0.05, 0.1) is 23.2 Å². The molecule has 2 aromatic heterocycles. The summed E-state index contributed by atoms with van der Waals surface area (Å²) in [6.45, 7) is 3.87. The Bertz CT molecular complexity index is 1030. The number of anilines is 1. The predicted octanol–water partition coefficient (Wildman–Crippen LogP) is 3.29. The van der Waals surface area contributed by atoms with Crippen molar-refractivity contribution in [2.24, 2.45) is 5.92 Å². The number of aromatic nitrogens is 3. The summed E-state index contributed by atoms with van der Waals surface area (Å²) >= 11 is 1.70. The van der Waals surface area contributed by atoms with Crippen molar-refractivity contribution in [3.8, 4) is 11.4 Å². The number of amides is 1. The van der Waals surface area contributed by atoms with Crippen LogP contribution in [0.5, 0.6) is 5.75 Å². The number of rotatable bonds is 5. The van der Waals surface area contributed by atoms with E-state index < -0.39 is 0 Å². The van der Waals surface area contributed by atoms with Crippen molar-refractivity contribution in [3.05, 3.63) is 30.0 Å². The fourth-order valence-electron chi connectivity index (χ4n) is 3.84. The molecule has 0 unspecified atom stereocenters. The third kappa shape index (κ3) is 3.57. The Morgan fingerprint density at radius 3 is 2.55 bits per heavy atom. The molecule has 0 spiro atoms. The van der Waals surface area contributed by atoms with Gasteiger partial charge in [-0.1, -0.05) is 11.3 Å². The second kappa shape index (κ2) is 7.33. The molecule has 152 valence electrons. The lowest BCUT2D eigenvalue weighted by Gasteiger charge is -2.32. The monoisotopic (exact) mass is 411 g/mol. The van der Waals surface area contributed by atoms with Gasteiger partial charge in [0.25, 0.3) is 0 Å². The van der Waals surface area contributed by atoms with Gasteiger partial charge in [0.15, 0.2) is 10.8 Å². The lowest BCUT2D eigenvalue weighted by Crippen LogP contribution is -2.45. The number of nitrogens with one attached hydrogen (secondary N) is 1. The van der Waals surface area contributed by atoms with E-state index >= 15 is 0 Å². The number of carbonyl (C=O) groups excluding carboxylic acids is 1. The minimum atomic E-state index is 0.249. The number of fused-ring (bicyclic) bond motifs is 1. The van der Waals surface area contributed by atoms with Gasteiger partial charge < -0.3 is 15.0 Å². The van der Waals surface area contributed by atoms with Crippen LogP contribution in [-0.4, -0.2) is 46.9 Å². The van der Waals surface area contributed by atoms with Crippen LogP contribution >= 0.6 is 11.3 Å². The van der Waals surface area contributed by atoms with Gasteiger partial charge in [0.1, 0.15) is 5.75 Å². The number of ether oxygens (including phenoxy) is 1. The first-order chi connectivity index (χ1) is 14.1. The van der Waals surface area contributed by atoms with E-state index in [1.807, 2.05) is 35.9 Å². The van der Waals surface area contributed by atoms with Gasteiger partial charge in [0, 0.05) is 25.0 Å². The molecule has 29 heavy (non-hydrogen) atoms. The molecule has 1 saturated heterocycles.